The third kappa shape index (κ3) is 50.1. The van der Waals surface area contributed by atoms with Crippen LogP contribution in [-0.4, -0.2) is 13.2 Å². The van der Waals surface area contributed by atoms with Crippen LogP contribution < -0.4 is 0 Å². The highest BCUT2D eigenvalue weighted by atomic mass is 31.1. The molecule has 0 aromatic carbocycles. The van der Waals surface area contributed by atoms with Crippen molar-refractivity contribution in [2.75, 3.05) is 13.2 Å². The van der Waals surface area contributed by atoms with Crippen molar-refractivity contribution in [3.05, 3.63) is 0 Å². The van der Waals surface area contributed by atoms with Crippen molar-refractivity contribution in [1.82, 2.24) is 0 Å². The van der Waals surface area contributed by atoms with Crippen molar-refractivity contribution >= 4 is 8.25 Å². The minimum absolute atomic E-state index is 0.587. The summed E-state index contributed by atoms with van der Waals surface area (Å²) in [5.41, 5.74) is 0. The minimum atomic E-state index is -2.27. The standard InChI is InChI=1S/C49H101O3P/c1-3-5-7-9-11-12-13-14-15-16-17-18-19-20-21-22-23-24-25-26-27-28-29-30-31-32-33-34-35-36-37-38-39-40-41-42-43-45-47-49-52-53(50)51-48-46-44-10-8-6-4-2/h53H,3-49H2,1-2H3. The van der Waals surface area contributed by atoms with Crippen molar-refractivity contribution in [2.24, 2.45) is 0 Å². The summed E-state index contributed by atoms with van der Waals surface area (Å²) in [4.78, 5) is 0. The molecule has 0 aromatic heterocycles. The molecule has 0 aromatic rings. The smallest absolute Gasteiger partial charge is 0.311 e. The van der Waals surface area contributed by atoms with Crippen LogP contribution in [0.25, 0.3) is 0 Å². The van der Waals surface area contributed by atoms with Crippen LogP contribution in [0.2, 0.25) is 0 Å². The molecule has 0 amide bonds. The maximum Gasteiger partial charge on any atom is 0.319 e. The Bertz CT molecular complexity index is 656. The van der Waals surface area contributed by atoms with E-state index in [4.69, 9.17) is 9.05 Å². The molecule has 0 saturated carbocycles. The molecule has 0 aliphatic rings. The molecule has 320 valence electrons. The molecular formula is C49H101O3P. The van der Waals surface area contributed by atoms with Crippen LogP contribution in [0.3, 0.4) is 0 Å². The third-order valence-electron chi connectivity index (χ3n) is 11.7. The van der Waals surface area contributed by atoms with Gasteiger partial charge in [0.1, 0.15) is 0 Å². The third-order valence-corrected chi connectivity index (χ3v) is 12.6. The second kappa shape index (κ2) is 50.2. The van der Waals surface area contributed by atoms with Crippen LogP contribution in [0, 0.1) is 0 Å². The van der Waals surface area contributed by atoms with E-state index in [1.165, 1.54) is 276 Å². The molecule has 0 aliphatic carbocycles. The molecule has 0 N–H and O–H groups in total. The van der Waals surface area contributed by atoms with Crippen LogP contribution in [0.1, 0.15) is 303 Å². The van der Waals surface area contributed by atoms with E-state index in [0.29, 0.717) is 13.2 Å². The van der Waals surface area contributed by atoms with Gasteiger partial charge in [-0.25, -0.2) is 0 Å². The van der Waals surface area contributed by atoms with E-state index in [0.717, 1.165) is 12.8 Å². The predicted octanol–water partition coefficient (Wildman–Crippen LogP) is 19.0. The van der Waals surface area contributed by atoms with Gasteiger partial charge in [-0.2, -0.15) is 0 Å². The highest BCUT2D eigenvalue weighted by Gasteiger charge is 2.01. The van der Waals surface area contributed by atoms with Gasteiger partial charge < -0.3 is 9.05 Å². The molecule has 0 bridgehead atoms. The Morgan fingerprint density at radius 1 is 0.226 bits per heavy atom. The second-order valence-electron chi connectivity index (χ2n) is 17.1. The first kappa shape index (κ1) is 53.1. The number of rotatable bonds is 49. The minimum Gasteiger partial charge on any atom is -0.311 e. The Kier molecular flexibility index (Phi) is 50.3. The Hall–Kier alpha value is 0.150. The zero-order valence-electron chi connectivity index (χ0n) is 37.0. The van der Waals surface area contributed by atoms with E-state index in [2.05, 4.69) is 13.8 Å². The number of unbranched alkanes of at least 4 members (excludes halogenated alkanes) is 43. The SMILES string of the molecule is CCCCCCCCCCCCCCCCCCCCCCCCCCCCCCCCCCCCCCCCCO[PH](=O)OCCCCCCCC. The van der Waals surface area contributed by atoms with Crippen LogP contribution in [0.15, 0.2) is 0 Å². The Morgan fingerprint density at radius 2 is 0.358 bits per heavy atom. The fraction of sp³-hybridized carbons (Fsp3) is 1.00. The van der Waals surface area contributed by atoms with Crippen molar-refractivity contribution in [1.29, 1.82) is 0 Å². The molecule has 4 heteroatoms. The van der Waals surface area contributed by atoms with Gasteiger partial charge in [-0.15, -0.1) is 0 Å². The van der Waals surface area contributed by atoms with Crippen molar-refractivity contribution in [2.45, 2.75) is 303 Å². The van der Waals surface area contributed by atoms with Gasteiger partial charge in [-0.05, 0) is 12.8 Å². The molecular weight excluding hydrogens is 668 g/mol. The fourth-order valence-corrected chi connectivity index (χ4v) is 8.66. The summed E-state index contributed by atoms with van der Waals surface area (Å²) in [6, 6.07) is 0. The second-order valence-corrected chi connectivity index (χ2v) is 18.2. The topological polar surface area (TPSA) is 35.5 Å². The van der Waals surface area contributed by atoms with Gasteiger partial charge in [0, 0.05) is 0 Å². The van der Waals surface area contributed by atoms with Crippen molar-refractivity contribution < 1.29 is 13.6 Å². The maximum atomic E-state index is 11.8. The average Bonchev–Trinajstić information content (AvgIpc) is 3.16. The Morgan fingerprint density at radius 3 is 0.509 bits per heavy atom. The molecule has 0 radical (unpaired) electrons. The molecule has 1 atom stereocenters. The molecule has 0 saturated heterocycles. The lowest BCUT2D eigenvalue weighted by Crippen LogP contribution is -1.92. The summed E-state index contributed by atoms with van der Waals surface area (Å²) >= 11 is 0. The van der Waals surface area contributed by atoms with Gasteiger partial charge in [-0.1, -0.05) is 290 Å². The van der Waals surface area contributed by atoms with Crippen LogP contribution >= 0.6 is 8.25 Å². The van der Waals surface area contributed by atoms with E-state index < -0.39 is 8.25 Å². The van der Waals surface area contributed by atoms with Crippen LogP contribution in [-0.2, 0) is 13.6 Å². The first-order valence-corrected chi connectivity index (χ1v) is 26.3. The van der Waals surface area contributed by atoms with E-state index in [9.17, 15) is 4.57 Å². The van der Waals surface area contributed by atoms with E-state index in [1.54, 1.807) is 0 Å². The Balaban J connectivity index is 3.09. The first-order valence-electron chi connectivity index (χ1n) is 25.1. The molecule has 0 spiro atoms. The van der Waals surface area contributed by atoms with Gasteiger partial charge in [0.25, 0.3) is 0 Å². The molecule has 0 aliphatic heterocycles. The molecule has 1 unspecified atom stereocenters. The monoisotopic (exact) mass is 769 g/mol. The summed E-state index contributed by atoms with van der Waals surface area (Å²) in [5.74, 6) is 0. The normalized spacial score (nSPS) is 12.3. The van der Waals surface area contributed by atoms with Gasteiger partial charge >= 0.3 is 8.25 Å². The number of hydrogen-bond acceptors (Lipinski definition) is 3. The molecule has 0 heterocycles. The van der Waals surface area contributed by atoms with E-state index >= 15 is 0 Å². The fourth-order valence-electron chi connectivity index (χ4n) is 7.95. The highest BCUT2D eigenvalue weighted by Crippen LogP contribution is 2.25. The summed E-state index contributed by atoms with van der Waals surface area (Å²) in [6.45, 7) is 5.72. The van der Waals surface area contributed by atoms with Gasteiger partial charge in [0.05, 0.1) is 13.2 Å². The van der Waals surface area contributed by atoms with Gasteiger partial charge in [0.15, 0.2) is 0 Å². The van der Waals surface area contributed by atoms with E-state index in [1.807, 2.05) is 0 Å². The summed E-state index contributed by atoms with van der Waals surface area (Å²) in [6.07, 6.45) is 63.4. The summed E-state index contributed by atoms with van der Waals surface area (Å²) in [5, 5.41) is 0. The quantitative estimate of drug-likeness (QED) is 0.0457. The summed E-state index contributed by atoms with van der Waals surface area (Å²) < 4.78 is 22.5. The summed E-state index contributed by atoms with van der Waals surface area (Å²) in [7, 11) is -2.27. The highest BCUT2D eigenvalue weighted by molar-refractivity contribution is 7.33. The molecule has 0 fully saturated rings. The number of hydrogen-bond donors (Lipinski definition) is 0. The average molecular weight is 769 g/mol. The molecule has 0 rings (SSSR count). The predicted molar refractivity (Wildman–Crippen MR) is 240 cm³/mol. The first-order chi connectivity index (χ1) is 26.3. The Labute approximate surface area is 336 Å². The lowest BCUT2D eigenvalue weighted by Gasteiger charge is -2.06. The zero-order chi connectivity index (χ0) is 38.2. The molecule has 3 nitrogen and oxygen atoms in total. The van der Waals surface area contributed by atoms with Crippen LogP contribution in [0.4, 0.5) is 0 Å². The zero-order valence-corrected chi connectivity index (χ0v) is 38.0. The van der Waals surface area contributed by atoms with Crippen molar-refractivity contribution in [3.8, 4) is 0 Å². The van der Waals surface area contributed by atoms with Gasteiger partial charge in [0.2, 0.25) is 0 Å². The van der Waals surface area contributed by atoms with Crippen LogP contribution in [0.5, 0.6) is 0 Å². The van der Waals surface area contributed by atoms with E-state index in [-0.39, 0.29) is 0 Å². The van der Waals surface area contributed by atoms with Crippen molar-refractivity contribution in [3.63, 3.8) is 0 Å². The molecule has 53 heavy (non-hydrogen) atoms. The van der Waals surface area contributed by atoms with Gasteiger partial charge in [-0.3, -0.25) is 4.57 Å². The maximum absolute atomic E-state index is 11.8. The lowest BCUT2D eigenvalue weighted by molar-refractivity contribution is 0.218. The largest absolute Gasteiger partial charge is 0.319 e. The lowest BCUT2D eigenvalue weighted by atomic mass is 10.0.